The molecule has 0 aromatic heterocycles. The second-order valence-corrected chi connectivity index (χ2v) is 4.26. The van der Waals surface area contributed by atoms with Crippen molar-refractivity contribution in [2.75, 3.05) is 19.5 Å². The van der Waals surface area contributed by atoms with Gasteiger partial charge in [0.1, 0.15) is 5.82 Å². The van der Waals surface area contributed by atoms with Crippen molar-refractivity contribution in [2.45, 2.75) is 13.0 Å². The third-order valence-corrected chi connectivity index (χ3v) is 3.06. The zero-order valence-electron chi connectivity index (χ0n) is 9.71. The van der Waals surface area contributed by atoms with Crippen LogP contribution in [0.3, 0.4) is 0 Å². The van der Waals surface area contributed by atoms with Gasteiger partial charge in [0.05, 0.1) is 0 Å². The summed E-state index contributed by atoms with van der Waals surface area (Å²) < 4.78 is 13.5. The molecule has 0 heterocycles. The predicted octanol–water partition coefficient (Wildman–Crippen LogP) is 3.61. The molecule has 0 saturated heterocycles. The van der Waals surface area contributed by atoms with Gasteiger partial charge in [-0.15, -0.1) is 11.6 Å². The van der Waals surface area contributed by atoms with E-state index < -0.39 is 0 Å². The molecule has 0 bridgehead atoms. The molecule has 0 amide bonds. The highest BCUT2D eigenvalue weighted by Crippen LogP contribution is 2.21. The lowest BCUT2D eigenvalue weighted by Gasteiger charge is -2.25. The minimum atomic E-state index is -0.168. The standard InChI is InChI=1S/C13H17ClFN/c1-10(8-14)9-16(3)11(2)12-6-4-5-7-13(12)15/h4-7,11H,1,8-9H2,2-3H3. The van der Waals surface area contributed by atoms with Crippen LogP contribution in [0, 0.1) is 5.82 Å². The fourth-order valence-electron chi connectivity index (χ4n) is 1.58. The first-order valence-corrected chi connectivity index (χ1v) is 5.77. The molecule has 1 unspecified atom stereocenters. The van der Waals surface area contributed by atoms with Crippen LogP contribution in [-0.4, -0.2) is 24.4 Å². The Hall–Kier alpha value is -0.860. The van der Waals surface area contributed by atoms with Gasteiger partial charge in [-0.05, 0) is 25.6 Å². The van der Waals surface area contributed by atoms with Crippen molar-refractivity contribution in [1.29, 1.82) is 0 Å². The Bertz CT molecular complexity index is 365. The molecule has 0 aliphatic heterocycles. The second-order valence-electron chi connectivity index (χ2n) is 4.00. The quantitative estimate of drug-likeness (QED) is 0.562. The predicted molar refractivity (Wildman–Crippen MR) is 67.3 cm³/mol. The number of benzene rings is 1. The summed E-state index contributed by atoms with van der Waals surface area (Å²) >= 11 is 5.68. The van der Waals surface area contributed by atoms with E-state index in [4.69, 9.17) is 11.6 Å². The van der Waals surface area contributed by atoms with E-state index >= 15 is 0 Å². The summed E-state index contributed by atoms with van der Waals surface area (Å²) in [6.45, 7) is 6.50. The van der Waals surface area contributed by atoms with E-state index in [1.165, 1.54) is 6.07 Å². The van der Waals surface area contributed by atoms with Crippen molar-refractivity contribution in [1.82, 2.24) is 4.90 Å². The number of alkyl halides is 1. The van der Waals surface area contributed by atoms with Crippen LogP contribution in [0.1, 0.15) is 18.5 Å². The number of hydrogen-bond donors (Lipinski definition) is 0. The summed E-state index contributed by atoms with van der Waals surface area (Å²) in [5.74, 6) is 0.271. The molecule has 16 heavy (non-hydrogen) atoms. The zero-order chi connectivity index (χ0) is 12.1. The number of rotatable bonds is 5. The smallest absolute Gasteiger partial charge is 0.127 e. The molecule has 3 heteroatoms. The lowest BCUT2D eigenvalue weighted by atomic mass is 10.1. The molecule has 1 aromatic carbocycles. The molecule has 0 N–H and O–H groups in total. The Morgan fingerprint density at radius 3 is 2.69 bits per heavy atom. The van der Waals surface area contributed by atoms with Crippen molar-refractivity contribution in [3.63, 3.8) is 0 Å². The Balaban J connectivity index is 2.74. The van der Waals surface area contributed by atoms with Gasteiger partial charge in [0.25, 0.3) is 0 Å². The van der Waals surface area contributed by atoms with Crippen LogP contribution in [0.15, 0.2) is 36.4 Å². The van der Waals surface area contributed by atoms with E-state index in [0.717, 1.165) is 5.57 Å². The number of nitrogens with zero attached hydrogens (tertiary/aromatic N) is 1. The third-order valence-electron chi connectivity index (χ3n) is 2.68. The van der Waals surface area contributed by atoms with E-state index in [-0.39, 0.29) is 11.9 Å². The van der Waals surface area contributed by atoms with Crippen molar-refractivity contribution in [3.05, 3.63) is 47.8 Å². The number of likely N-dealkylation sites (N-methyl/N-ethyl adjacent to an activating group) is 1. The summed E-state index contributed by atoms with van der Waals surface area (Å²) in [6, 6.07) is 6.85. The van der Waals surface area contributed by atoms with Gasteiger partial charge >= 0.3 is 0 Å². The van der Waals surface area contributed by atoms with Crippen LogP contribution in [0.25, 0.3) is 0 Å². The number of halogens is 2. The second kappa shape index (κ2) is 6.02. The summed E-state index contributed by atoms with van der Waals surface area (Å²) in [7, 11) is 1.94. The lowest BCUT2D eigenvalue weighted by molar-refractivity contribution is 0.278. The average molecular weight is 242 g/mol. The van der Waals surface area contributed by atoms with E-state index in [1.807, 2.05) is 24.9 Å². The largest absolute Gasteiger partial charge is 0.296 e. The van der Waals surface area contributed by atoms with Gasteiger partial charge in [0.2, 0.25) is 0 Å². The van der Waals surface area contributed by atoms with Gasteiger partial charge in [-0.3, -0.25) is 4.90 Å². The minimum Gasteiger partial charge on any atom is -0.296 e. The monoisotopic (exact) mass is 241 g/mol. The third kappa shape index (κ3) is 3.32. The first-order valence-electron chi connectivity index (χ1n) is 5.23. The van der Waals surface area contributed by atoms with Crippen LogP contribution < -0.4 is 0 Å². The first kappa shape index (κ1) is 13.2. The van der Waals surface area contributed by atoms with Crippen LogP contribution in [0.5, 0.6) is 0 Å². The zero-order valence-corrected chi connectivity index (χ0v) is 10.5. The molecule has 1 nitrogen and oxygen atoms in total. The van der Waals surface area contributed by atoms with Gasteiger partial charge < -0.3 is 0 Å². The van der Waals surface area contributed by atoms with Gasteiger partial charge in [-0.25, -0.2) is 4.39 Å². The van der Waals surface area contributed by atoms with Crippen molar-refractivity contribution >= 4 is 11.6 Å². The van der Waals surface area contributed by atoms with Crippen molar-refractivity contribution in [2.24, 2.45) is 0 Å². The number of hydrogen-bond acceptors (Lipinski definition) is 1. The normalized spacial score (nSPS) is 12.8. The first-order chi connectivity index (χ1) is 7.56. The SMILES string of the molecule is C=C(CCl)CN(C)C(C)c1ccccc1F. The van der Waals surface area contributed by atoms with Gasteiger partial charge in [-0.2, -0.15) is 0 Å². The Morgan fingerprint density at radius 2 is 2.12 bits per heavy atom. The van der Waals surface area contributed by atoms with Crippen LogP contribution in [0.2, 0.25) is 0 Å². The van der Waals surface area contributed by atoms with E-state index in [1.54, 1.807) is 12.1 Å². The van der Waals surface area contributed by atoms with E-state index in [2.05, 4.69) is 6.58 Å². The molecule has 0 saturated carbocycles. The molecule has 1 rings (SSSR count). The van der Waals surface area contributed by atoms with Gasteiger partial charge in [-0.1, -0.05) is 24.8 Å². The highest BCUT2D eigenvalue weighted by Gasteiger charge is 2.15. The van der Waals surface area contributed by atoms with Crippen LogP contribution >= 0.6 is 11.6 Å². The Kier molecular flexibility index (Phi) is 4.97. The summed E-state index contributed by atoms with van der Waals surface area (Å²) in [6.07, 6.45) is 0. The molecule has 0 aliphatic rings. The van der Waals surface area contributed by atoms with E-state index in [9.17, 15) is 4.39 Å². The highest BCUT2D eigenvalue weighted by molar-refractivity contribution is 6.19. The molecule has 1 atom stereocenters. The molecule has 1 aromatic rings. The highest BCUT2D eigenvalue weighted by atomic mass is 35.5. The molecular formula is C13H17ClFN. The minimum absolute atomic E-state index is 0.0150. The summed E-state index contributed by atoms with van der Waals surface area (Å²) in [5.41, 5.74) is 1.64. The molecular weight excluding hydrogens is 225 g/mol. The molecule has 88 valence electrons. The Labute approximate surface area is 102 Å². The molecule has 0 spiro atoms. The molecule has 0 fully saturated rings. The maximum atomic E-state index is 13.5. The summed E-state index contributed by atoms with van der Waals surface area (Å²) in [5, 5.41) is 0. The molecule has 0 aliphatic carbocycles. The maximum Gasteiger partial charge on any atom is 0.127 e. The average Bonchev–Trinajstić information content (AvgIpc) is 2.28. The summed E-state index contributed by atoms with van der Waals surface area (Å²) in [4.78, 5) is 2.03. The van der Waals surface area contributed by atoms with Crippen molar-refractivity contribution in [3.8, 4) is 0 Å². The van der Waals surface area contributed by atoms with Gasteiger partial charge in [0, 0.05) is 24.0 Å². The van der Waals surface area contributed by atoms with Crippen LogP contribution in [0.4, 0.5) is 4.39 Å². The fraction of sp³-hybridized carbons (Fsp3) is 0.385. The van der Waals surface area contributed by atoms with Crippen molar-refractivity contribution < 1.29 is 4.39 Å². The van der Waals surface area contributed by atoms with E-state index in [0.29, 0.717) is 18.0 Å². The molecule has 0 radical (unpaired) electrons. The lowest BCUT2D eigenvalue weighted by Crippen LogP contribution is -2.25. The maximum absolute atomic E-state index is 13.5. The topological polar surface area (TPSA) is 3.24 Å². The fourth-order valence-corrected chi connectivity index (χ4v) is 1.67. The van der Waals surface area contributed by atoms with Gasteiger partial charge in [0.15, 0.2) is 0 Å². The van der Waals surface area contributed by atoms with Crippen LogP contribution in [-0.2, 0) is 0 Å². The Morgan fingerprint density at radius 1 is 1.50 bits per heavy atom.